The van der Waals surface area contributed by atoms with Crippen LogP contribution >= 0.6 is 0 Å². The molecule has 0 amide bonds. The first-order valence-corrected chi connectivity index (χ1v) is 5.00. The number of nitrogens with zero attached hydrogens (tertiary/aromatic N) is 2. The lowest BCUT2D eigenvalue weighted by molar-refractivity contribution is -0.384. The number of aromatic amines is 1. The lowest BCUT2D eigenvalue weighted by Crippen LogP contribution is -2.42. The Balaban J connectivity index is 1.94. The molecular weight excluding hydrogens is 196 g/mol. The highest BCUT2D eigenvalue weighted by atomic mass is 16.6. The van der Waals surface area contributed by atoms with Crippen LogP contribution in [0.15, 0.2) is 12.3 Å². The van der Waals surface area contributed by atoms with E-state index in [1.807, 2.05) is 0 Å². The molecule has 0 spiro atoms. The summed E-state index contributed by atoms with van der Waals surface area (Å²) < 4.78 is 0. The molecule has 1 aliphatic heterocycles. The van der Waals surface area contributed by atoms with E-state index in [4.69, 9.17) is 0 Å². The third-order valence-electron chi connectivity index (χ3n) is 2.54. The molecule has 1 aromatic heterocycles. The van der Waals surface area contributed by atoms with Crippen molar-refractivity contribution in [3.8, 4) is 0 Å². The van der Waals surface area contributed by atoms with E-state index in [-0.39, 0.29) is 10.6 Å². The van der Waals surface area contributed by atoms with Gasteiger partial charge < -0.3 is 10.3 Å². The van der Waals surface area contributed by atoms with Crippen LogP contribution in [0.25, 0.3) is 0 Å². The third kappa shape index (κ3) is 2.54. The molecule has 1 fully saturated rings. The van der Waals surface area contributed by atoms with Crippen molar-refractivity contribution in [2.45, 2.75) is 6.54 Å². The smallest absolute Gasteiger partial charge is 0.287 e. The van der Waals surface area contributed by atoms with E-state index in [1.165, 1.54) is 6.20 Å². The molecule has 0 aliphatic carbocycles. The number of hydrogen-bond donors (Lipinski definition) is 2. The van der Waals surface area contributed by atoms with Crippen LogP contribution in [0.2, 0.25) is 0 Å². The van der Waals surface area contributed by atoms with Gasteiger partial charge in [-0.3, -0.25) is 15.0 Å². The number of H-pyrrole nitrogens is 1. The summed E-state index contributed by atoms with van der Waals surface area (Å²) in [5, 5.41) is 13.7. The fourth-order valence-electron chi connectivity index (χ4n) is 1.74. The molecule has 2 rings (SSSR count). The molecule has 6 nitrogen and oxygen atoms in total. The van der Waals surface area contributed by atoms with Crippen molar-refractivity contribution in [1.29, 1.82) is 0 Å². The maximum Gasteiger partial charge on any atom is 0.287 e. The number of piperazine rings is 1. The van der Waals surface area contributed by atoms with E-state index >= 15 is 0 Å². The molecular formula is C9H14N4O2. The zero-order valence-corrected chi connectivity index (χ0v) is 8.40. The molecule has 1 aliphatic rings. The normalized spacial score (nSPS) is 17.9. The van der Waals surface area contributed by atoms with Crippen molar-refractivity contribution in [2.75, 3.05) is 26.2 Å². The summed E-state index contributed by atoms with van der Waals surface area (Å²) in [6.45, 7) is 4.72. The molecule has 0 unspecified atom stereocenters. The molecule has 0 aromatic carbocycles. The van der Waals surface area contributed by atoms with Gasteiger partial charge in [-0.25, -0.2) is 0 Å². The van der Waals surface area contributed by atoms with E-state index in [0.29, 0.717) is 0 Å². The van der Waals surface area contributed by atoms with Gasteiger partial charge in [-0.1, -0.05) is 0 Å². The van der Waals surface area contributed by atoms with Gasteiger partial charge in [0.15, 0.2) is 0 Å². The summed E-state index contributed by atoms with van der Waals surface area (Å²) in [7, 11) is 0. The SMILES string of the molecule is O=[N+]([O-])c1c[nH]c(CN2CCNCC2)c1. The van der Waals surface area contributed by atoms with Gasteiger partial charge in [-0.05, 0) is 0 Å². The van der Waals surface area contributed by atoms with Gasteiger partial charge in [-0.15, -0.1) is 0 Å². The van der Waals surface area contributed by atoms with Crippen LogP contribution in [0.5, 0.6) is 0 Å². The standard InChI is InChI=1S/C9H14N4O2/c14-13(15)9-5-8(11-6-9)7-12-3-1-10-2-4-12/h5-6,10-11H,1-4,7H2. The molecule has 0 radical (unpaired) electrons. The average Bonchev–Trinajstić information content (AvgIpc) is 2.68. The topological polar surface area (TPSA) is 74.2 Å². The molecule has 1 aromatic rings. The summed E-state index contributed by atoms with van der Waals surface area (Å²) in [4.78, 5) is 15.3. The highest BCUT2D eigenvalue weighted by Crippen LogP contribution is 2.13. The fourth-order valence-corrected chi connectivity index (χ4v) is 1.74. The predicted molar refractivity (Wildman–Crippen MR) is 55.6 cm³/mol. The molecule has 0 atom stereocenters. The molecule has 82 valence electrons. The first-order valence-electron chi connectivity index (χ1n) is 5.00. The van der Waals surface area contributed by atoms with Gasteiger partial charge in [0.1, 0.15) is 0 Å². The van der Waals surface area contributed by atoms with Gasteiger partial charge in [0.2, 0.25) is 0 Å². The van der Waals surface area contributed by atoms with Crippen molar-refractivity contribution < 1.29 is 4.92 Å². The largest absolute Gasteiger partial charge is 0.358 e. The van der Waals surface area contributed by atoms with E-state index in [0.717, 1.165) is 38.4 Å². The number of nitrogens with one attached hydrogen (secondary N) is 2. The Morgan fingerprint density at radius 2 is 2.20 bits per heavy atom. The van der Waals surface area contributed by atoms with Gasteiger partial charge in [0.05, 0.1) is 11.1 Å². The van der Waals surface area contributed by atoms with Crippen LogP contribution in [0.4, 0.5) is 5.69 Å². The first-order chi connectivity index (χ1) is 7.25. The number of aromatic nitrogens is 1. The minimum absolute atomic E-state index is 0.139. The maximum atomic E-state index is 10.5. The average molecular weight is 210 g/mol. The van der Waals surface area contributed by atoms with E-state index in [1.54, 1.807) is 6.07 Å². The van der Waals surface area contributed by atoms with Crippen LogP contribution < -0.4 is 5.32 Å². The highest BCUT2D eigenvalue weighted by molar-refractivity contribution is 5.29. The number of hydrogen-bond acceptors (Lipinski definition) is 4. The molecule has 1 saturated heterocycles. The first kappa shape index (κ1) is 10.1. The van der Waals surface area contributed by atoms with E-state index < -0.39 is 0 Å². The Kier molecular flexibility index (Phi) is 2.98. The fraction of sp³-hybridized carbons (Fsp3) is 0.556. The molecule has 15 heavy (non-hydrogen) atoms. The van der Waals surface area contributed by atoms with E-state index in [2.05, 4.69) is 15.2 Å². The van der Waals surface area contributed by atoms with Crippen molar-refractivity contribution in [3.63, 3.8) is 0 Å². The van der Waals surface area contributed by atoms with Crippen molar-refractivity contribution in [2.24, 2.45) is 0 Å². The monoisotopic (exact) mass is 210 g/mol. The summed E-state index contributed by atoms with van der Waals surface area (Å²) in [6.07, 6.45) is 1.44. The van der Waals surface area contributed by atoms with Gasteiger partial charge in [-0.2, -0.15) is 0 Å². The lowest BCUT2D eigenvalue weighted by Gasteiger charge is -2.26. The van der Waals surface area contributed by atoms with Gasteiger partial charge >= 0.3 is 0 Å². The van der Waals surface area contributed by atoms with Gasteiger partial charge in [0, 0.05) is 44.5 Å². The van der Waals surface area contributed by atoms with Crippen LogP contribution in [0, 0.1) is 10.1 Å². The second-order valence-corrected chi connectivity index (χ2v) is 3.67. The highest BCUT2D eigenvalue weighted by Gasteiger charge is 2.13. The summed E-state index contributed by atoms with van der Waals surface area (Å²) in [5.74, 6) is 0. The molecule has 2 heterocycles. The number of rotatable bonds is 3. The Labute approximate surface area is 87.4 Å². The van der Waals surface area contributed by atoms with Crippen LogP contribution in [0.3, 0.4) is 0 Å². The van der Waals surface area contributed by atoms with Crippen molar-refractivity contribution in [1.82, 2.24) is 15.2 Å². The Bertz CT molecular complexity index is 344. The quantitative estimate of drug-likeness (QED) is 0.557. The maximum absolute atomic E-state index is 10.5. The van der Waals surface area contributed by atoms with Gasteiger partial charge in [0.25, 0.3) is 5.69 Å². The Morgan fingerprint density at radius 1 is 1.47 bits per heavy atom. The second kappa shape index (κ2) is 4.41. The van der Waals surface area contributed by atoms with E-state index in [9.17, 15) is 10.1 Å². The Hall–Kier alpha value is -1.40. The molecule has 6 heteroatoms. The lowest BCUT2D eigenvalue weighted by atomic mass is 10.3. The number of nitro groups is 1. The zero-order chi connectivity index (χ0) is 10.7. The van der Waals surface area contributed by atoms with Crippen LogP contribution in [-0.4, -0.2) is 41.0 Å². The zero-order valence-electron chi connectivity index (χ0n) is 8.40. The van der Waals surface area contributed by atoms with Crippen molar-refractivity contribution >= 4 is 5.69 Å². The molecule has 0 bridgehead atoms. The minimum atomic E-state index is -0.377. The molecule has 2 N–H and O–H groups in total. The minimum Gasteiger partial charge on any atom is -0.358 e. The Morgan fingerprint density at radius 3 is 2.80 bits per heavy atom. The van der Waals surface area contributed by atoms with Crippen LogP contribution in [-0.2, 0) is 6.54 Å². The third-order valence-corrected chi connectivity index (χ3v) is 2.54. The second-order valence-electron chi connectivity index (χ2n) is 3.67. The molecule has 0 saturated carbocycles. The van der Waals surface area contributed by atoms with Crippen LogP contribution in [0.1, 0.15) is 5.69 Å². The predicted octanol–water partition coefficient (Wildman–Crippen LogP) is 0.328. The van der Waals surface area contributed by atoms with Crippen molar-refractivity contribution in [3.05, 3.63) is 28.1 Å². The summed E-state index contributed by atoms with van der Waals surface area (Å²) >= 11 is 0. The summed E-state index contributed by atoms with van der Waals surface area (Å²) in [5.41, 5.74) is 1.05. The summed E-state index contributed by atoms with van der Waals surface area (Å²) in [6, 6.07) is 1.60.